The Kier molecular flexibility index (Phi) is 6.54. The fourth-order valence-corrected chi connectivity index (χ4v) is 4.17. The molecule has 0 radical (unpaired) electrons. The molecule has 0 saturated carbocycles. The van der Waals surface area contributed by atoms with Gasteiger partial charge in [-0.3, -0.25) is 9.59 Å². The van der Waals surface area contributed by atoms with E-state index in [9.17, 15) is 9.59 Å². The molecule has 2 amide bonds. The first kappa shape index (κ1) is 21.6. The highest BCUT2D eigenvalue weighted by atomic mass is 16.5. The number of benzene rings is 2. The van der Waals surface area contributed by atoms with Gasteiger partial charge in [0.25, 0.3) is 0 Å². The van der Waals surface area contributed by atoms with E-state index in [1.165, 1.54) is 0 Å². The molecule has 1 N–H and O–H groups in total. The smallest absolute Gasteiger partial charge is 0.231 e. The van der Waals surface area contributed by atoms with Crippen molar-refractivity contribution in [3.05, 3.63) is 72.4 Å². The molecule has 4 rings (SSSR count). The zero-order chi connectivity index (χ0) is 22.5. The van der Waals surface area contributed by atoms with Crippen LogP contribution in [0, 0.1) is 5.92 Å². The Morgan fingerprint density at radius 3 is 2.56 bits per heavy atom. The number of hydrogen-bond acceptors (Lipinski definition) is 4. The van der Waals surface area contributed by atoms with Gasteiger partial charge in [-0.05, 0) is 36.2 Å². The molecule has 0 spiro atoms. The highest BCUT2D eigenvalue weighted by Crippen LogP contribution is 2.39. The highest BCUT2D eigenvalue weighted by Gasteiger charge is 2.44. The standard InChI is InChI=1S/C25H28N4O3/c1-3-4-15-28-23(30)17-21(24(28)18-10-12-20(32-2)13-11-18)25(31)26-22-14-16-29(27-22)19-8-6-5-7-9-19/h5-14,16,21,24H,3-4,15,17H2,1-2H3,(H,26,27,31). The van der Waals surface area contributed by atoms with Gasteiger partial charge in [-0.1, -0.05) is 43.7 Å². The number of amides is 2. The number of para-hydroxylation sites is 1. The number of nitrogens with one attached hydrogen (secondary N) is 1. The van der Waals surface area contributed by atoms with Crippen molar-refractivity contribution in [3.8, 4) is 11.4 Å². The second-order valence-corrected chi connectivity index (χ2v) is 7.94. The molecule has 7 heteroatoms. The van der Waals surface area contributed by atoms with Gasteiger partial charge < -0.3 is 15.0 Å². The SMILES string of the molecule is CCCCN1C(=O)CC(C(=O)Nc2ccn(-c3ccccc3)n2)C1c1ccc(OC)cc1. The van der Waals surface area contributed by atoms with Crippen LogP contribution in [0.2, 0.25) is 0 Å². The zero-order valence-corrected chi connectivity index (χ0v) is 18.4. The highest BCUT2D eigenvalue weighted by molar-refractivity contribution is 5.97. The Morgan fingerprint density at radius 2 is 1.88 bits per heavy atom. The van der Waals surface area contributed by atoms with Crippen LogP contribution in [0.3, 0.4) is 0 Å². The third kappa shape index (κ3) is 4.51. The average molecular weight is 433 g/mol. The molecule has 7 nitrogen and oxygen atoms in total. The Morgan fingerprint density at radius 1 is 1.12 bits per heavy atom. The number of ether oxygens (including phenoxy) is 1. The minimum Gasteiger partial charge on any atom is -0.497 e. The van der Waals surface area contributed by atoms with Crippen LogP contribution >= 0.6 is 0 Å². The number of aromatic nitrogens is 2. The summed E-state index contributed by atoms with van der Waals surface area (Å²) in [5.41, 5.74) is 1.84. The number of methoxy groups -OCH3 is 1. The normalized spacial score (nSPS) is 18.1. The third-order valence-electron chi connectivity index (χ3n) is 5.84. The molecule has 2 atom stereocenters. The maximum atomic E-state index is 13.3. The number of carbonyl (C=O) groups is 2. The van der Waals surface area contributed by atoms with Crippen LogP contribution in [0.15, 0.2) is 66.9 Å². The number of unbranched alkanes of at least 4 members (excludes halogenated alkanes) is 1. The Balaban J connectivity index is 1.56. The lowest BCUT2D eigenvalue weighted by Gasteiger charge is -2.28. The van der Waals surface area contributed by atoms with Gasteiger partial charge in [0.05, 0.1) is 24.8 Å². The third-order valence-corrected chi connectivity index (χ3v) is 5.84. The summed E-state index contributed by atoms with van der Waals surface area (Å²) in [6.07, 6.45) is 3.87. The van der Waals surface area contributed by atoms with Gasteiger partial charge in [-0.15, -0.1) is 0 Å². The van der Waals surface area contributed by atoms with Crippen molar-refractivity contribution >= 4 is 17.6 Å². The summed E-state index contributed by atoms with van der Waals surface area (Å²) < 4.78 is 6.98. The number of nitrogens with zero attached hydrogens (tertiary/aromatic N) is 3. The number of anilines is 1. The van der Waals surface area contributed by atoms with Crippen LogP contribution in [0.1, 0.15) is 37.8 Å². The number of carbonyl (C=O) groups excluding carboxylic acids is 2. The van der Waals surface area contributed by atoms with E-state index >= 15 is 0 Å². The van der Waals surface area contributed by atoms with E-state index in [0.29, 0.717) is 12.4 Å². The van der Waals surface area contributed by atoms with Gasteiger partial charge in [-0.2, -0.15) is 5.10 Å². The van der Waals surface area contributed by atoms with Gasteiger partial charge in [0.15, 0.2) is 5.82 Å². The van der Waals surface area contributed by atoms with Crippen molar-refractivity contribution in [2.45, 2.75) is 32.2 Å². The van der Waals surface area contributed by atoms with Gasteiger partial charge in [-0.25, -0.2) is 4.68 Å². The average Bonchev–Trinajstić information content (AvgIpc) is 3.42. The van der Waals surface area contributed by atoms with Crippen LogP contribution < -0.4 is 10.1 Å². The Labute approximate surface area is 188 Å². The second kappa shape index (κ2) is 9.68. The number of likely N-dealkylation sites (tertiary alicyclic amines) is 1. The molecular formula is C25H28N4O3. The molecule has 32 heavy (non-hydrogen) atoms. The summed E-state index contributed by atoms with van der Waals surface area (Å²) in [5, 5.41) is 7.39. The fraction of sp³-hybridized carbons (Fsp3) is 0.320. The van der Waals surface area contributed by atoms with E-state index in [2.05, 4.69) is 17.3 Å². The molecule has 2 heterocycles. The maximum Gasteiger partial charge on any atom is 0.231 e. The lowest BCUT2D eigenvalue weighted by Crippen LogP contribution is -2.33. The molecule has 1 fully saturated rings. The lowest BCUT2D eigenvalue weighted by atomic mass is 9.92. The van der Waals surface area contributed by atoms with Crippen molar-refractivity contribution in [1.82, 2.24) is 14.7 Å². The van der Waals surface area contributed by atoms with Gasteiger partial charge in [0, 0.05) is 25.2 Å². The quantitative estimate of drug-likeness (QED) is 0.579. The summed E-state index contributed by atoms with van der Waals surface area (Å²) in [7, 11) is 1.62. The van der Waals surface area contributed by atoms with Gasteiger partial charge >= 0.3 is 0 Å². The van der Waals surface area contributed by atoms with Crippen LogP contribution in [0.4, 0.5) is 5.82 Å². The van der Waals surface area contributed by atoms with Crippen molar-refractivity contribution in [1.29, 1.82) is 0 Å². The first-order chi connectivity index (χ1) is 15.6. The van der Waals surface area contributed by atoms with Crippen molar-refractivity contribution in [3.63, 3.8) is 0 Å². The predicted octanol–water partition coefficient (Wildman–Crippen LogP) is 4.21. The van der Waals surface area contributed by atoms with Gasteiger partial charge in [0.1, 0.15) is 5.75 Å². The van der Waals surface area contributed by atoms with Crippen molar-refractivity contribution in [2.24, 2.45) is 5.92 Å². The molecule has 0 bridgehead atoms. The number of hydrogen-bond donors (Lipinski definition) is 1. The molecule has 1 saturated heterocycles. The Bertz CT molecular complexity index is 1060. The second-order valence-electron chi connectivity index (χ2n) is 7.94. The molecule has 166 valence electrons. The number of rotatable bonds is 8. The Hall–Kier alpha value is -3.61. The largest absolute Gasteiger partial charge is 0.497 e. The first-order valence-electron chi connectivity index (χ1n) is 11.0. The zero-order valence-electron chi connectivity index (χ0n) is 18.4. The summed E-state index contributed by atoms with van der Waals surface area (Å²) in [4.78, 5) is 28.0. The monoisotopic (exact) mass is 432 g/mol. The molecule has 0 aliphatic carbocycles. The molecule has 1 aliphatic rings. The molecular weight excluding hydrogens is 404 g/mol. The van der Waals surface area contributed by atoms with Crippen LogP contribution in [-0.2, 0) is 9.59 Å². The van der Waals surface area contributed by atoms with Gasteiger partial charge in [0.2, 0.25) is 11.8 Å². The van der Waals surface area contributed by atoms with E-state index in [4.69, 9.17) is 4.74 Å². The minimum atomic E-state index is -0.491. The fourth-order valence-electron chi connectivity index (χ4n) is 4.17. The van der Waals surface area contributed by atoms with E-state index in [1.807, 2.05) is 59.5 Å². The molecule has 2 unspecified atom stereocenters. The minimum absolute atomic E-state index is 0.00855. The van der Waals surface area contributed by atoms with Crippen molar-refractivity contribution in [2.75, 3.05) is 19.0 Å². The van der Waals surface area contributed by atoms with E-state index in [1.54, 1.807) is 24.1 Å². The summed E-state index contributed by atoms with van der Waals surface area (Å²) in [6.45, 7) is 2.73. The molecule has 3 aromatic rings. The molecule has 2 aromatic carbocycles. The maximum absolute atomic E-state index is 13.3. The molecule has 1 aliphatic heterocycles. The van der Waals surface area contributed by atoms with Crippen LogP contribution in [-0.4, -0.2) is 40.1 Å². The topological polar surface area (TPSA) is 76.5 Å². The van der Waals surface area contributed by atoms with Crippen LogP contribution in [0.5, 0.6) is 5.75 Å². The lowest BCUT2D eigenvalue weighted by molar-refractivity contribution is -0.129. The van der Waals surface area contributed by atoms with E-state index in [0.717, 1.165) is 29.8 Å². The summed E-state index contributed by atoms with van der Waals surface area (Å²) >= 11 is 0. The van der Waals surface area contributed by atoms with E-state index in [-0.39, 0.29) is 24.3 Å². The predicted molar refractivity (Wildman–Crippen MR) is 123 cm³/mol. The van der Waals surface area contributed by atoms with Crippen molar-refractivity contribution < 1.29 is 14.3 Å². The first-order valence-corrected chi connectivity index (χ1v) is 11.0. The van der Waals surface area contributed by atoms with E-state index < -0.39 is 5.92 Å². The van der Waals surface area contributed by atoms with Crippen LogP contribution in [0.25, 0.3) is 5.69 Å². The summed E-state index contributed by atoms with van der Waals surface area (Å²) in [6, 6.07) is 18.8. The summed E-state index contributed by atoms with van der Waals surface area (Å²) in [5.74, 6) is 0.526. The molecule has 1 aromatic heterocycles.